The quantitative estimate of drug-likeness (QED) is 0.330. The third-order valence-electron chi connectivity index (χ3n) is 3.71. The summed E-state index contributed by atoms with van der Waals surface area (Å²) in [4.78, 5) is 25.8. The smallest absolute Gasteiger partial charge is 0.265 e. The van der Waals surface area contributed by atoms with Crippen LogP contribution in [-0.4, -0.2) is 33.5 Å². The number of allylic oxidation sites excluding steroid dienone is 3. The summed E-state index contributed by atoms with van der Waals surface area (Å²) in [6.45, 7) is 0.215. The molecule has 1 heterocycles. The number of nitrogens with zero attached hydrogens (tertiary/aromatic N) is 1. The molecule has 0 bridgehead atoms. The van der Waals surface area contributed by atoms with Crippen molar-refractivity contribution in [2.75, 3.05) is 12.3 Å². The first kappa shape index (κ1) is 13.2. The molecule has 0 fully saturated rings. The second-order valence-corrected chi connectivity index (χ2v) is 5.11. The number of aromatic hydroxyl groups is 2. The van der Waals surface area contributed by atoms with Gasteiger partial charge in [-0.3, -0.25) is 14.5 Å². The van der Waals surface area contributed by atoms with E-state index in [0.717, 1.165) is 17.4 Å². The Morgan fingerprint density at radius 2 is 1.90 bits per heavy atom. The van der Waals surface area contributed by atoms with Crippen molar-refractivity contribution in [1.82, 2.24) is 4.90 Å². The molecule has 2 amide bonds. The Hall–Kier alpha value is -2.76. The second kappa shape index (κ2) is 4.66. The Balaban J connectivity index is 1.97. The van der Waals surface area contributed by atoms with Crippen LogP contribution < -0.4 is 5.73 Å². The van der Waals surface area contributed by atoms with Gasteiger partial charge in [0.1, 0.15) is 5.56 Å². The first-order valence-electron chi connectivity index (χ1n) is 6.54. The Labute approximate surface area is 120 Å². The van der Waals surface area contributed by atoms with Crippen LogP contribution in [0.2, 0.25) is 0 Å². The van der Waals surface area contributed by atoms with Crippen LogP contribution in [0, 0.1) is 5.92 Å². The topological polar surface area (TPSA) is 104 Å². The van der Waals surface area contributed by atoms with Gasteiger partial charge in [-0.25, -0.2) is 0 Å². The molecule has 0 saturated carbocycles. The van der Waals surface area contributed by atoms with Gasteiger partial charge in [-0.1, -0.05) is 24.3 Å². The van der Waals surface area contributed by atoms with Crippen molar-refractivity contribution in [1.29, 1.82) is 0 Å². The third kappa shape index (κ3) is 1.96. The Morgan fingerprint density at radius 3 is 2.57 bits per heavy atom. The highest BCUT2D eigenvalue weighted by molar-refractivity contribution is 6.25. The predicted octanol–water partition coefficient (Wildman–Crippen LogP) is 1.41. The van der Waals surface area contributed by atoms with Crippen LogP contribution in [0.15, 0.2) is 30.4 Å². The SMILES string of the molecule is Nc1cc(O)c(O)c2c1C(=O)N(CC1C=CC=CC1)C2=O. The molecule has 0 saturated heterocycles. The van der Waals surface area contributed by atoms with E-state index in [9.17, 15) is 19.8 Å². The van der Waals surface area contributed by atoms with E-state index >= 15 is 0 Å². The molecule has 1 aromatic carbocycles. The van der Waals surface area contributed by atoms with Crippen molar-refractivity contribution in [3.63, 3.8) is 0 Å². The molecule has 1 unspecified atom stereocenters. The molecule has 0 spiro atoms. The van der Waals surface area contributed by atoms with Crippen molar-refractivity contribution in [3.8, 4) is 11.5 Å². The maximum atomic E-state index is 12.4. The molecule has 108 valence electrons. The van der Waals surface area contributed by atoms with E-state index in [4.69, 9.17) is 5.73 Å². The summed E-state index contributed by atoms with van der Waals surface area (Å²) < 4.78 is 0. The molecular formula is C15H14N2O4. The molecule has 3 rings (SSSR count). The van der Waals surface area contributed by atoms with Crippen LogP contribution in [0.5, 0.6) is 11.5 Å². The Kier molecular flexibility index (Phi) is 2.94. The minimum atomic E-state index is -0.627. The van der Waals surface area contributed by atoms with E-state index < -0.39 is 23.3 Å². The number of carbonyl (C=O) groups is 2. The second-order valence-electron chi connectivity index (χ2n) is 5.11. The molecule has 1 atom stereocenters. The Bertz CT molecular complexity index is 706. The van der Waals surface area contributed by atoms with Gasteiger partial charge in [0.05, 0.1) is 5.56 Å². The van der Waals surface area contributed by atoms with Crippen molar-refractivity contribution < 1.29 is 19.8 Å². The Morgan fingerprint density at radius 1 is 1.19 bits per heavy atom. The van der Waals surface area contributed by atoms with Gasteiger partial charge in [0, 0.05) is 18.3 Å². The molecule has 6 nitrogen and oxygen atoms in total. The minimum Gasteiger partial charge on any atom is -0.504 e. The standard InChI is InChI=1S/C15H14N2O4/c16-9-6-10(18)13(19)12-11(9)14(20)17(15(12)21)7-8-4-2-1-3-5-8/h1-4,6,8,18-19H,5,7,16H2. The molecule has 0 radical (unpaired) electrons. The summed E-state index contributed by atoms with van der Waals surface area (Å²) in [6, 6.07) is 1.08. The van der Waals surface area contributed by atoms with E-state index in [1.165, 1.54) is 0 Å². The number of rotatable bonds is 2. The number of imide groups is 1. The summed E-state index contributed by atoms with van der Waals surface area (Å²) in [5.41, 5.74) is 5.43. The first-order valence-corrected chi connectivity index (χ1v) is 6.54. The highest BCUT2D eigenvalue weighted by Gasteiger charge is 2.41. The average Bonchev–Trinajstić information content (AvgIpc) is 2.71. The molecule has 4 N–H and O–H groups in total. The van der Waals surface area contributed by atoms with Crippen LogP contribution in [-0.2, 0) is 0 Å². The van der Waals surface area contributed by atoms with Crippen LogP contribution >= 0.6 is 0 Å². The van der Waals surface area contributed by atoms with Crippen molar-refractivity contribution >= 4 is 17.5 Å². The summed E-state index contributed by atoms with van der Waals surface area (Å²) in [5.74, 6) is -2.23. The van der Waals surface area contributed by atoms with E-state index in [-0.39, 0.29) is 29.3 Å². The zero-order chi connectivity index (χ0) is 15.1. The summed E-state index contributed by atoms with van der Waals surface area (Å²) in [6.07, 6.45) is 8.38. The monoisotopic (exact) mass is 286 g/mol. The van der Waals surface area contributed by atoms with Gasteiger partial charge >= 0.3 is 0 Å². The summed E-state index contributed by atoms with van der Waals surface area (Å²) in [7, 11) is 0. The van der Waals surface area contributed by atoms with Crippen LogP contribution in [0.1, 0.15) is 27.1 Å². The molecule has 21 heavy (non-hydrogen) atoms. The normalized spacial score (nSPS) is 20.2. The van der Waals surface area contributed by atoms with Gasteiger partial charge < -0.3 is 15.9 Å². The van der Waals surface area contributed by atoms with Crippen molar-refractivity contribution in [2.24, 2.45) is 5.92 Å². The van der Waals surface area contributed by atoms with E-state index in [2.05, 4.69) is 0 Å². The predicted molar refractivity (Wildman–Crippen MR) is 75.9 cm³/mol. The highest BCUT2D eigenvalue weighted by atomic mass is 16.3. The van der Waals surface area contributed by atoms with Gasteiger partial charge in [-0.2, -0.15) is 0 Å². The number of nitrogens with two attached hydrogens (primary N) is 1. The van der Waals surface area contributed by atoms with Gasteiger partial charge in [0.25, 0.3) is 11.8 Å². The lowest BCUT2D eigenvalue weighted by Crippen LogP contribution is -2.34. The van der Waals surface area contributed by atoms with Gasteiger partial charge in [0.2, 0.25) is 0 Å². The maximum absolute atomic E-state index is 12.4. The van der Waals surface area contributed by atoms with Crippen LogP contribution in [0.25, 0.3) is 0 Å². The number of amides is 2. The lowest BCUT2D eigenvalue weighted by atomic mass is 10.0. The molecular weight excluding hydrogens is 272 g/mol. The number of carbonyl (C=O) groups excluding carboxylic acids is 2. The fourth-order valence-electron chi connectivity index (χ4n) is 2.65. The van der Waals surface area contributed by atoms with Crippen molar-refractivity contribution in [3.05, 3.63) is 41.5 Å². The molecule has 0 aromatic heterocycles. The number of phenols is 2. The lowest BCUT2D eigenvalue weighted by molar-refractivity contribution is 0.0638. The van der Waals surface area contributed by atoms with E-state index in [1.54, 1.807) is 0 Å². The number of hydrogen-bond acceptors (Lipinski definition) is 5. The molecule has 6 heteroatoms. The number of nitrogen functional groups attached to an aromatic ring is 1. The van der Waals surface area contributed by atoms with Crippen LogP contribution in [0.4, 0.5) is 5.69 Å². The number of hydrogen-bond donors (Lipinski definition) is 3. The fourth-order valence-corrected chi connectivity index (χ4v) is 2.65. The zero-order valence-corrected chi connectivity index (χ0v) is 11.1. The molecule has 1 aliphatic carbocycles. The maximum Gasteiger partial charge on any atom is 0.265 e. The lowest BCUT2D eigenvalue weighted by Gasteiger charge is -2.20. The average molecular weight is 286 g/mol. The molecule has 2 aliphatic rings. The molecule has 1 aliphatic heterocycles. The number of phenolic OH excluding ortho intramolecular Hbond substituents is 2. The van der Waals surface area contributed by atoms with Gasteiger partial charge in [0.15, 0.2) is 11.5 Å². The summed E-state index contributed by atoms with van der Waals surface area (Å²) >= 11 is 0. The summed E-state index contributed by atoms with van der Waals surface area (Å²) in [5, 5.41) is 19.4. The van der Waals surface area contributed by atoms with Crippen LogP contribution in [0.3, 0.4) is 0 Å². The van der Waals surface area contributed by atoms with E-state index in [0.29, 0.717) is 0 Å². The number of anilines is 1. The van der Waals surface area contributed by atoms with Crippen molar-refractivity contribution in [2.45, 2.75) is 6.42 Å². The first-order chi connectivity index (χ1) is 10.0. The minimum absolute atomic E-state index is 0.0137. The third-order valence-corrected chi connectivity index (χ3v) is 3.71. The zero-order valence-electron chi connectivity index (χ0n) is 11.1. The van der Waals surface area contributed by atoms with Gasteiger partial charge in [-0.05, 0) is 12.3 Å². The fraction of sp³-hybridized carbons (Fsp3) is 0.200. The van der Waals surface area contributed by atoms with Gasteiger partial charge in [-0.15, -0.1) is 0 Å². The largest absolute Gasteiger partial charge is 0.504 e. The number of fused-ring (bicyclic) bond motifs is 1. The highest BCUT2D eigenvalue weighted by Crippen LogP contribution is 2.40. The number of benzene rings is 1. The van der Waals surface area contributed by atoms with E-state index in [1.807, 2.05) is 24.3 Å². The molecule has 1 aromatic rings.